The number of nitrogens with one attached hydrogen (secondary N) is 1. The highest BCUT2D eigenvalue weighted by atomic mass is 32.1. The number of aliphatic hydroxyl groups excluding tert-OH is 1. The third-order valence-electron chi connectivity index (χ3n) is 2.85. The molecule has 2 aromatic heterocycles. The first-order valence-corrected chi connectivity index (χ1v) is 7.30. The fourth-order valence-electron chi connectivity index (χ4n) is 1.98. The maximum absolute atomic E-state index is 12.4. The van der Waals surface area contributed by atoms with Crippen LogP contribution in [0.3, 0.4) is 0 Å². The van der Waals surface area contributed by atoms with Crippen LogP contribution in [0.1, 0.15) is 20.6 Å². The molecule has 19 heavy (non-hydrogen) atoms. The van der Waals surface area contributed by atoms with E-state index in [0.29, 0.717) is 4.88 Å². The smallest absolute Gasteiger partial charge is 0.287 e. The minimum Gasteiger partial charge on any atom is -0.503 e. The van der Waals surface area contributed by atoms with Crippen molar-refractivity contribution >= 4 is 34.4 Å². The van der Waals surface area contributed by atoms with Crippen LogP contribution in [0, 0.1) is 0 Å². The summed E-state index contributed by atoms with van der Waals surface area (Å²) in [4.78, 5) is 25.3. The number of aliphatic hydroxyl groups is 1. The molecule has 0 fully saturated rings. The highest BCUT2D eigenvalue weighted by Crippen LogP contribution is 2.34. The second-order valence-corrected chi connectivity index (χ2v) is 5.92. The average molecular weight is 291 g/mol. The lowest BCUT2D eigenvalue weighted by Gasteiger charge is -2.11. The van der Waals surface area contributed by atoms with Gasteiger partial charge in [0.1, 0.15) is 0 Å². The summed E-state index contributed by atoms with van der Waals surface area (Å²) in [6.45, 7) is 0. The summed E-state index contributed by atoms with van der Waals surface area (Å²) in [7, 11) is 0. The molecule has 0 aliphatic carbocycles. The Morgan fingerprint density at radius 1 is 1.21 bits per heavy atom. The summed E-state index contributed by atoms with van der Waals surface area (Å²) in [6.07, 6.45) is 0. The van der Waals surface area contributed by atoms with Gasteiger partial charge in [-0.25, -0.2) is 0 Å². The Hall–Kier alpha value is -1.92. The molecule has 0 saturated carbocycles. The van der Waals surface area contributed by atoms with E-state index in [1.807, 2.05) is 17.5 Å². The second kappa shape index (κ2) is 4.64. The first-order valence-electron chi connectivity index (χ1n) is 5.54. The summed E-state index contributed by atoms with van der Waals surface area (Å²) in [6, 6.07) is 6.56. The Labute approximate surface area is 117 Å². The van der Waals surface area contributed by atoms with Crippen LogP contribution in [0.25, 0.3) is 0 Å². The number of carbonyl (C=O) groups is 2. The largest absolute Gasteiger partial charge is 0.503 e. The van der Waals surface area contributed by atoms with E-state index >= 15 is 0 Å². The number of amides is 1. The van der Waals surface area contributed by atoms with Gasteiger partial charge in [0.25, 0.3) is 5.91 Å². The molecular formula is C13H9NO3S2. The molecule has 0 unspecified atom stereocenters. The Balaban J connectivity index is 2.05. The molecule has 1 amide bonds. The molecule has 3 heterocycles. The quantitative estimate of drug-likeness (QED) is 0.854. The summed E-state index contributed by atoms with van der Waals surface area (Å²) in [5.74, 6) is -1.38. The Kier molecular flexibility index (Phi) is 2.96. The van der Waals surface area contributed by atoms with Crippen LogP contribution in [-0.2, 0) is 4.79 Å². The van der Waals surface area contributed by atoms with E-state index in [2.05, 4.69) is 5.32 Å². The third kappa shape index (κ3) is 1.98. The SMILES string of the molecule is O=C1N[C@H](c2cccs2)C(C(=O)c2cccs2)=C1O. The van der Waals surface area contributed by atoms with Crippen molar-refractivity contribution in [1.29, 1.82) is 0 Å². The minimum atomic E-state index is -0.599. The molecule has 6 heteroatoms. The van der Waals surface area contributed by atoms with Gasteiger partial charge in [0.15, 0.2) is 5.76 Å². The maximum atomic E-state index is 12.4. The predicted molar refractivity (Wildman–Crippen MR) is 73.5 cm³/mol. The van der Waals surface area contributed by atoms with Gasteiger partial charge in [-0.05, 0) is 22.9 Å². The molecule has 1 atom stereocenters. The molecular weight excluding hydrogens is 282 g/mol. The molecule has 4 nitrogen and oxygen atoms in total. The van der Waals surface area contributed by atoms with Crippen molar-refractivity contribution in [2.75, 3.05) is 0 Å². The molecule has 96 valence electrons. The second-order valence-electron chi connectivity index (χ2n) is 3.99. The molecule has 0 saturated heterocycles. The van der Waals surface area contributed by atoms with Gasteiger partial charge in [-0.3, -0.25) is 9.59 Å². The van der Waals surface area contributed by atoms with E-state index in [0.717, 1.165) is 4.88 Å². The van der Waals surface area contributed by atoms with Crippen molar-refractivity contribution in [3.63, 3.8) is 0 Å². The monoisotopic (exact) mass is 291 g/mol. The van der Waals surface area contributed by atoms with Crippen LogP contribution in [0.2, 0.25) is 0 Å². The molecule has 3 rings (SSSR count). The third-order valence-corrected chi connectivity index (χ3v) is 4.66. The van der Waals surface area contributed by atoms with Gasteiger partial charge < -0.3 is 10.4 Å². The van der Waals surface area contributed by atoms with Crippen LogP contribution in [0.15, 0.2) is 46.4 Å². The Morgan fingerprint density at radius 3 is 2.58 bits per heavy atom. The zero-order chi connectivity index (χ0) is 13.4. The number of thiophene rings is 2. The molecule has 2 N–H and O–H groups in total. The standard InChI is InChI=1S/C13H9NO3S2/c15-11(8-4-2-6-19-8)9-10(7-3-1-5-18-7)14-13(17)12(9)16/h1-6,10,16H,(H,14,17)/t10-/m1/s1. The van der Waals surface area contributed by atoms with Crippen LogP contribution in [0.5, 0.6) is 0 Å². The van der Waals surface area contributed by atoms with Crippen molar-refractivity contribution in [1.82, 2.24) is 5.32 Å². The highest BCUT2D eigenvalue weighted by molar-refractivity contribution is 7.12. The zero-order valence-corrected chi connectivity index (χ0v) is 11.3. The van der Waals surface area contributed by atoms with E-state index in [9.17, 15) is 14.7 Å². The van der Waals surface area contributed by atoms with Crippen molar-refractivity contribution < 1.29 is 14.7 Å². The molecule has 0 bridgehead atoms. The molecule has 1 aliphatic heterocycles. The van der Waals surface area contributed by atoms with Gasteiger partial charge in [-0.15, -0.1) is 22.7 Å². The van der Waals surface area contributed by atoms with E-state index in [1.165, 1.54) is 22.7 Å². The first-order chi connectivity index (χ1) is 9.18. The summed E-state index contributed by atoms with van der Waals surface area (Å²) < 4.78 is 0. The lowest BCUT2D eigenvalue weighted by Crippen LogP contribution is -2.22. The van der Waals surface area contributed by atoms with Gasteiger partial charge >= 0.3 is 0 Å². The van der Waals surface area contributed by atoms with Gasteiger partial charge in [-0.2, -0.15) is 0 Å². The number of hydrogen-bond donors (Lipinski definition) is 2. The van der Waals surface area contributed by atoms with Crippen molar-refractivity contribution in [3.05, 3.63) is 56.1 Å². The summed E-state index contributed by atoms with van der Waals surface area (Å²) >= 11 is 2.72. The van der Waals surface area contributed by atoms with Crippen LogP contribution in [0.4, 0.5) is 0 Å². The minimum absolute atomic E-state index is 0.134. The average Bonchev–Trinajstić information content (AvgIpc) is 3.11. The number of carbonyl (C=O) groups excluding carboxylic acids is 2. The normalized spacial score (nSPS) is 18.7. The summed E-state index contributed by atoms with van der Waals surface area (Å²) in [5.41, 5.74) is 0.134. The lowest BCUT2D eigenvalue weighted by molar-refractivity contribution is -0.119. The molecule has 0 aromatic carbocycles. The molecule has 1 aliphatic rings. The Bertz CT molecular complexity index is 656. The van der Waals surface area contributed by atoms with E-state index in [4.69, 9.17) is 0 Å². The number of hydrogen-bond acceptors (Lipinski definition) is 5. The predicted octanol–water partition coefficient (Wildman–Crippen LogP) is 2.68. The van der Waals surface area contributed by atoms with Gasteiger partial charge in [0.05, 0.1) is 16.5 Å². The lowest BCUT2D eigenvalue weighted by atomic mass is 10.0. The van der Waals surface area contributed by atoms with Crippen LogP contribution in [-0.4, -0.2) is 16.8 Å². The zero-order valence-electron chi connectivity index (χ0n) is 9.62. The van der Waals surface area contributed by atoms with Crippen molar-refractivity contribution in [2.45, 2.75) is 6.04 Å². The van der Waals surface area contributed by atoms with Crippen molar-refractivity contribution in [2.24, 2.45) is 0 Å². The van der Waals surface area contributed by atoms with E-state index in [-0.39, 0.29) is 11.4 Å². The summed E-state index contributed by atoms with van der Waals surface area (Å²) in [5, 5.41) is 16.1. The van der Waals surface area contributed by atoms with Crippen LogP contribution >= 0.6 is 22.7 Å². The van der Waals surface area contributed by atoms with E-state index in [1.54, 1.807) is 17.5 Å². The van der Waals surface area contributed by atoms with Gasteiger partial charge in [-0.1, -0.05) is 12.1 Å². The Morgan fingerprint density at radius 2 is 1.95 bits per heavy atom. The molecule has 0 spiro atoms. The number of Topliss-reactive ketones (excluding diaryl/α,β-unsaturated/α-hetero) is 1. The molecule has 2 aromatic rings. The first kappa shape index (κ1) is 12.1. The number of rotatable bonds is 3. The highest BCUT2D eigenvalue weighted by Gasteiger charge is 2.38. The molecule has 0 radical (unpaired) electrons. The fraction of sp³-hybridized carbons (Fsp3) is 0.0769. The maximum Gasteiger partial charge on any atom is 0.287 e. The van der Waals surface area contributed by atoms with Gasteiger partial charge in [0, 0.05) is 4.88 Å². The van der Waals surface area contributed by atoms with Gasteiger partial charge in [0.2, 0.25) is 5.78 Å². The van der Waals surface area contributed by atoms with Crippen LogP contribution < -0.4 is 5.32 Å². The van der Waals surface area contributed by atoms with Crippen molar-refractivity contribution in [3.8, 4) is 0 Å². The van der Waals surface area contributed by atoms with E-state index < -0.39 is 17.7 Å². The topological polar surface area (TPSA) is 66.4 Å². The fourth-order valence-corrected chi connectivity index (χ4v) is 3.44. The number of ketones is 1.